The molecule has 0 radical (unpaired) electrons. The molecule has 0 spiro atoms. The van der Waals surface area contributed by atoms with E-state index in [2.05, 4.69) is 0 Å². The number of fused-ring (bicyclic) bond motifs is 6. The molecule has 2 aromatic rings. The maximum Gasteiger partial charge on any atom is 1.00 e. The molecule has 6 heterocycles. The number of amides is 2. The van der Waals surface area contributed by atoms with Crippen molar-refractivity contribution in [3.8, 4) is 11.5 Å². The molecule has 318 valence electrons. The predicted octanol–water partition coefficient (Wildman–Crippen LogP) is -6.06. The number of cyclic esters (lactones) is 2. The van der Waals surface area contributed by atoms with Crippen LogP contribution < -0.4 is 92.5 Å². The Morgan fingerprint density at radius 2 is 1.12 bits per heavy atom. The fraction of sp³-hybridized carbons (Fsp3) is 0.556. The minimum absolute atomic E-state index is 0. The predicted molar refractivity (Wildman–Crippen MR) is 196 cm³/mol. The average Bonchev–Trinajstić information content (AvgIpc) is 3.68. The van der Waals surface area contributed by atoms with Gasteiger partial charge in [-0.25, -0.2) is 18.4 Å². The third-order valence-electron chi connectivity index (χ3n) is 10.2. The van der Waals surface area contributed by atoms with Gasteiger partial charge in [0, 0.05) is 97.1 Å². The van der Waals surface area contributed by atoms with Gasteiger partial charge in [0.25, 0.3) is 0 Å². The molecule has 4 saturated heterocycles. The fourth-order valence-corrected chi connectivity index (χ4v) is 9.39. The largest absolute Gasteiger partial charge is 1.00 e. The molecule has 0 aliphatic carbocycles. The molecular formula is C36H42F2IN4NaO13S2. The van der Waals surface area contributed by atoms with E-state index in [1.54, 1.807) is 12.1 Å². The van der Waals surface area contributed by atoms with Crippen LogP contribution >= 0.6 is 11.8 Å². The Bertz CT molecular complexity index is 1910. The molecule has 0 N–H and O–H groups in total. The van der Waals surface area contributed by atoms with Gasteiger partial charge in [-0.2, -0.15) is 11.8 Å². The number of carbonyl (C=O) groups excluding carboxylic acids is 4. The Hall–Kier alpha value is -2.55. The van der Waals surface area contributed by atoms with Gasteiger partial charge in [-0.15, -0.1) is 0 Å². The van der Waals surface area contributed by atoms with Gasteiger partial charge < -0.3 is 38.3 Å². The zero-order valence-corrected chi connectivity index (χ0v) is 38.4. The van der Waals surface area contributed by atoms with Gasteiger partial charge in [0.15, 0.2) is 0 Å². The van der Waals surface area contributed by atoms with E-state index in [1.165, 1.54) is 35.8 Å². The number of carbonyl (C=O) groups is 4. The number of hydrogen-bond donors (Lipinski definition) is 0. The Balaban J connectivity index is 0.000000198. The van der Waals surface area contributed by atoms with Crippen molar-refractivity contribution in [2.75, 3.05) is 82.0 Å². The van der Waals surface area contributed by atoms with Crippen molar-refractivity contribution < 1.29 is 115 Å². The summed E-state index contributed by atoms with van der Waals surface area (Å²) in [7, 11) is -0.850. The topological polar surface area (TPSA) is 227 Å². The van der Waals surface area contributed by atoms with Crippen molar-refractivity contribution in [1.82, 2.24) is 0 Å². The molecular weight excluding hydrogens is 948 g/mol. The maximum atomic E-state index is 14.8. The first-order valence-corrected chi connectivity index (χ1v) is 24.6. The zero-order valence-electron chi connectivity index (χ0n) is 32.6. The number of nitrogens with zero attached hydrogens (tertiary/aromatic N) is 4. The van der Waals surface area contributed by atoms with Crippen molar-refractivity contribution in [2.24, 2.45) is 0 Å². The van der Waals surface area contributed by atoms with Gasteiger partial charge in [-0.1, -0.05) is 0 Å². The van der Waals surface area contributed by atoms with Crippen molar-refractivity contribution in [1.29, 1.82) is 0 Å². The van der Waals surface area contributed by atoms with Gasteiger partial charge in [0.1, 0.15) is 92.3 Å². The van der Waals surface area contributed by atoms with Gasteiger partial charge in [0.05, 0.1) is 22.7 Å². The number of anilines is 4. The first kappa shape index (κ1) is 47.5. The smallest absolute Gasteiger partial charge is 0.489 e. The van der Waals surface area contributed by atoms with Gasteiger partial charge >= 0.3 is 41.7 Å². The summed E-state index contributed by atoms with van der Waals surface area (Å²) in [6.07, 6.45) is -0.378. The van der Waals surface area contributed by atoms with E-state index in [0.717, 1.165) is 24.6 Å². The molecule has 4 fully saturated rings. The minimum atomic E-state index is -5.94. The summed E-state index contributed by atoms with van der Waals surface area (Å²) < 4.78 is 98.1. The van der Waals surface area contributed by atoms with E-state index in [4.69, 9.17) is 32.7 Å². The molecule has 6 aliphatic rings. The molecule has 17 nitrogen and oxygen atoms in total. The number of halogens is 3. The van der Waals surface area contributed by atoms with Crippen LogP contribution in [0.1, 0.15) is 39.5 Å². The third kappa shape index (κ3) is 11.9. The van der Waals surface area contributed by atoms with Crippen LogP contribution in [0.2, 0.25) is 0 Å². The molecule has 4 atom stereocenters. The van der Waals surface area contributed by atoms with Crippen molar-refractivity contribution in [3.05, 3.63) is 35.9 Å². The van der Waals surface area contributed by atoms with E-state index >= 15 is 0 Å². The molecule has 0 unspecified atom stereocenters. The van der Waals surface area contributed by atoms with E-state index in [9.17, 15) is 32.2 Å². The molecule has 2 amide bonds. The molecule has 0 bridgehead atoms. The Morgan fingerprint density at radius 3 is 1.51 bits per heavy atom. The van der Waals surface area contributed by atoms with E-state index in [0.29, 0.717) is 84.5 Å². The number of ether oxygens (including phenoxy) is 4. The van der Waals surface area contributed by atoms with Crippen LogP contribution in [0.3, 0.4) is 0 Å². The fourth-order valence-electron chi connectivity index (χ4n) is 7.43. The number of benzene rings is 2. The SMILES string of the molecule is CC(=O)CC[C@@H]1OC(=O)N2c3cc(F)c(N4CCS(=O)CC4)cc3OC[C@@H]12.CC(=O)CC[C@@H]1OC(=O)N2c3cc(F)c(N4CCSCC4)cc3OC[C@@H]12.[Na+].[O-][I+3]([O-])([O-])[O-]. The summed E-state index contributed by atoms with van der Waals surface area (Å²) in [5, 5.41) is 0. The van der Waals surface area contributed by atoms with Gasteiger partial charge in [-0.3, -0.25) is 27.8 Å². The average molecular weight is 991 g/mol. The van der Waals surface area contributed by atoms with Crippen molar-refractivity contribution in [2.45, 2.75) is 63.8 Å². The monoisotopic (exact) mass is 990 g/mol. The number of thioether (sulfide) groups is 1. The first-order chi connectivity index (χ1) is 27.5. The zero-order chi connectivity index (χ0) is 41.9. The summed E-state index contributed by atoms with van der Waals surface area (Å²) >= 11 is -4.08. The molecule has 59 heavy (non-hydrogen) atoms. The molecule has 2 aromatic carbocycles. The maximum absolute atomic E-state index is 14.8. The van der Waals surface area contributed by atoms with Gasteiger partial charge in [-0.05, 0) is 26.7 Å². The number of Topliss-reactive ketones (excluding diaryl/α,β-unsaturated/α-hetero) is 2. The van der Waals surface area contributed by atoms with Crippen LogP contribution in [0, 0.1) is 11.6 Å². The van der Waals surface area contributed by atoms with Crippen molar-refractivity contribution in [3.63, 3.8) is 0 Å². The quantitative estimate of drug-likeness (QED) is 0.177. The van der Waals surface area contributed by atoms with Crippen LogP contribution in [-0.4, -0.2) is 115 Å². The molecule has 23 heteroatoms. The number of ketones is 2. The first-order valence-electron chi connectivity index (χ1n) is 18.4. The van der Waals surface area contributed by atoms with E-state index in [1.807, 2.05) is 21.6 Å². The summed E-state index contributed by atoms with van der Waals surface area (Å²) in [5.41, 5.74) is 1.67. The van der Waals surface area contributed by atoms with Crippen LogP contribution in [-0.2, 0) is 29.9 Å². The molecule has 8 rings (SSSR count). The number of hydrogen-bond acceptors (Lipinski definition) is 16. The summed E-state index contributed by atoms with van der Waals surface area (Å²) in [5.74, 6) is 3.15. The van der Waals surface area contributed by atoms with Crippen LogP contribution in [0.15, 0.2) is 24.3 Å². The molecule has 6 aliphatic heterocycles. The van der Waals surface area contributed by atoms with E-state index < -0.39 is 61.1 Å². The standard InChI is InChI=1S/C18H21FN2O5S.C18H21FN2O4S.IO4.Na/c1-11(22)2-3-16-15-10-25-17-9-13(20-4-6-27(24)7-5-20)12(19)8-14(17)21(15)18(23)26-16;1-11(22)2-3-16-15-10-24-17-9-13(20-4-6-26-7-5-20)12(19)8-14(17)21(15)18(23)25-16;2-1(3,4)5;/h8-9,15-16H,2-7,10H2,1H3;8-9,15-16H,2-7,10H2,1H3;;/q;;-1;+1/t2*15-,16-;;/m00../s1. The Morgan fingerprint density at radius 1 is 0.729 bits per heavy atom. The second-order valence-electron chi connectivity index (χ2n) is 14.2. The van der Waals surface area contributed by atoms with Crippen LogP contribution in [0.25, 0.3) is 0 Å². The minimum Gasteiger partial charge on any atom is -0.489 e. The van der Waals surface area contributed by atoms with Crippen molar-refractivity contribution >= 4 is 69.1 Å². The van der Waals surface area contributed by atoms with Crippen LogP contribution in [0.4, 0.5) is 41.1 Å². The number of rotatable bonds is 8. The Labute approximate surface area is 374 Å². The summed E-state index contributed by atoms with van der Waals surface area (Å²) in [6, 6.07) is 5.26. The second-order valence-corrected chi connectivity index (χ2v) is 19.3. The van der Waals surface area contributed by atoms with E-state index in [-0.39, 0.29) is 72.2 Å². The normalized spacial score (nSPS) is 23.3. The Kier molecular flexibility index (Phi) is 16.5. The molecule has 0 saturated carbocycles. The summed E-state index contributed by atoms with van der Waals surface area (Å²) in [4.78, 5) is 53.9. The second kappa shape index (κ2) is 20.5. The summed E-state index contributed by atoms with van der Waals surface area (Å²) in [6.45, 7) is 6.14. The third-order valence-corrected chi connectivity index (χ3v) is 12.5. The van der Waals surface area contributed by atoms with Crippen LogP contribution in [0.5, 0.6) is 11.5 Å². The van der Waals surface area contributed by atoms with Gasteiger partial charge in [0.2, 0.25) is 0 Å². The molecule has 0 aromatic heterocycles.